The fourth-order valence-corrected chi connectivity index (χ4v) is 5.05. The average molecular weight is 358 g/mol. The molecule has 2 aliphatic carbocycles. The molecule has 2 aliphatic rings. The molecule has 1 aromatic heterocycles. The summed E-state index contributed by atoms with van der Waals surface area (Å²) in [5, 5.41) is 4.94. The number of aromatic nitrogens is 2. The molecule has 0 amide bonds. The van der Waals surface area contributed by atoms with Gasteiger partial charge < -0.3 is 4.74 Å². The van der Waals surface area contributed by atoms with E-state index in [4.69, 9.17) is 9.84 Å². The largest absolute Gasteiger partial charge is 0.497 e. The standard InChI is InChI=1S/C24H26N2O/c1-17-15-23(24-14-6-5-7-19(24)16-24)26(25-17)22-9-4-3-8-21(22)18-10-12-20(27-2)13-11-18/h3-4,8-13,15,19H,5-7,14,16H2,1-2H3. The fraction of sp³-hybridized carbons (Fsp3) is 0.375. The van der Waals surface area contributed by atoms with Gasteiger partial charge in [0.1, 0.15) is 5.75 Å². The van der Waals surface area contributed by atoms with Gasteiger partial charge in [-0.25, -0.2) is 4.68 Å². The Morgan fingerprint density at radius 3 is 2.67 bits per heavy atom. The quantitative estimate of drug-likeness (QED) is 0.599. The zero-order valence-corrected chi connectivity index (χ0v) is 16.1. The molecule has 0 aliphatic heterocycles. The smallest absolute Gasteiger partial charge is 0.118 e. The summed E-state index contributed by atoms with van der Waals surface area (Å²) in [6.45, 7) is 2.12. The van der Waals surface area contributed by atoms with Crippen LogP contribution in [-0.4, -0.2) is 16.9 Å². The molecule has 3 nitrogen and oxygen atoms in total. The van der Waals surface area contributed by atoms with Crippen LogP contribution >= 0.6 is 0 Å². The van der Waals surface area contributed by atoms with Crippen LogP contribution in [0.5, 0.6) is 5.75 Å². The molecule has 2 saturated carbocycles. The van der Waals surface area contributed by atoms with E-state index in [1.165, 1.54) is 54.6 Å². The Morgan fingerprint density at radius 1 is 1.07 bits per heavy atom. The highest BCUT2D eigenvalue weighted by atomic mass is 16.5. The zero-order valence-electron chi connectivity index (χ0n) is 16.1. The number of ether oxygens (including phenoxy) is 1. The lowest BCUT2D eigenvalue weighted by atomic mass is 9.85. The highest BCUT2D eigenvalue weighted by Gasteiger charge is 2.57. The monoisotopic (exact) mass is 358 g/mol. The van der Waals surface area contributed by atoms with Crippen LogP contribution in [0.3, 0.4) is 0 Å². The van der Waals surface area contributed by atoms with Crippen molar-refractivity contribution in [3.63, 3.8) is 0 Å². The van der Waals surface area contributed by atoms with E-state index in [-0.39, 0.29) is 0 Å². The van der Waals surface area contributed by atoms with Crippen LogP contribution in [-0.2, 0) is 5.41 Å². The van der Waals surface area contributed by atoms with Crippen LogP contribution < -0.4 is 4.74 Å². The number of para-hydroxylation sites is 1. The maximum Gasteiger partial charge on any atom is 0.118 e. The van der Waals surface area contributed by atoms with E-state index in [1.807, 2.05) is 12.1 Å². The summed E-state index contributed by atoms with van der Waals surface area (Å²) >= 11 is 0. The Kier molecular flexibility index (Phi) is 3.85. The summed E-state index contributed by atoms with van der Waals surface area (Å²) < 4.78 is 7.56. The predicted molar refractivity (Wildman–Crippen MR) is 109 cm³/mol. The van der Waals surface area contributed by atoms with E-state index in [2.05, 4.69) is 54.1 Å². The fourth-order valence-electron chi connectivity index (χ4n) is 5.05. The molecule has 0 N–H and O–H groups in total. The van der Waals surface area contributed by atoms with Crippen molar-refractivity contribution in [2.24, 2.45) is 5.92 Å². The van der Waals surface area contributed by atoms with Crippen LogP contribution in [0.2, 0.25) is 0 Å². The van der Waals surface area contributed by atoms with E-state index >= 15 is 0 Å². The molecule has 2 unspecified atom stereocenters. The van der Waals surface area contributed by atoms with E-state index in [0.29, 0.717) is 5.41 Å². The number of aryl methyl sites for hydroxylation is 1. The van der Waals surface area contributed by atoms with Crippen molar-refractivity contribution in [2.75, 3.05) is 7.11 Å². The van der Waals surface area contributed by atoms with Gasteiger partial charge in [-0.3, -0.25) is 0 Å². The summed E-state index contributed by atoms with van der Waals surface area (Å²) in [5.74, 6) is 1.74. The minimum atomic E-state index is 0.368. The lowest BCUT2D eigenvalue weighted by Gasteiger charge is -2.24. The molecule has 3 heteroatoms. The van der Waals surface area contributed by atoms with Crippen molar-refractivity contribution in [3.05, 3.63) is 66.0 Å². The highest BCUT2D eigenvalue weighted by molar-refractivity contribution is 5.73. The molecule has 5 rings (SSSR count). The average Bonchev–Trinajstić information content (AvgIpc) is 3.35. The van der Waals surface area contributed by atoms with Gasteiger partial charge in [0.25, 0.3) is 0 Å². The molecular formula is C24H26N2O. The third kappa shape index (κ3) is 2.68. The van der Waals surface area contributed by atoms with Crippen LogP contribution in [0.15, 0.2) is 54.6 Å². The number of nitrogens with zero attached hydrogens (tertiary/aromatic N) is 2. The van der Waals surface area contributed by atoms with Crippen molar-refractivity contribution < 1.29 is 4.74 Å². The van der Waals surface area contributed by atoms with E-state index in [0.717, 1.165) is 17.4 Å². The molecule has 0 bridgehead atoms. The van der Waals surface area contributed by atoms with Gasteiger partial charge >= 0.3 is 0 Å². The highest BCUT2D eigenvalue weighted by Crippen LogP contribution is 2.62. The van der Waals surface area contributed by atoms with Crippen LogP contribution in [0, 0.1) is 12.8 Å². The number of methoxy groups -OCH3 is 1. The van der Waals surface area contributed by atoms with Gasteiger partial charge in [-0.15, -0.1) is 0 Å². The summed E-state index contributed by atoms with van der Waals surface area (Å²) in [7, 11) is 1.71. The molecule has 2 aromatic carbocycles. The molecule has 1 heterocycles. The van der Waals surface area contributed by atoms with Crippen LogP contribution in [0.25, 0.3) is 16.8 Å². The molecule has 0 radical (unpaired) electrons. The van der Waals surface area contributed by atoms with Gasteiger partial charge in [0.05, 0.1) is 24.2 Å². The first kappa shape index (κ1) is 16.6. The van der Waals surface area contributed by atoms with Crippen molar-refractivity contribution in [1.82, 2.24) is 9.78 Å². The third-order valence-corrected chi connectivity index (χ3v) is 6.53. The number of hydrogen-bond donors (Lipinski definition) is 0. The van der Waals surface area contributed by atoms with Crippen molar-refractivity contribution in [3.8, 4) is 22.6 Å². The molecule has 138 valence electrons. The molecule has 3 aromatic rings. The first-order valence-electron chi connectivity index (χ1n) is 10.0. The normalized spacial score (nSPS) is 23.7. The maximum absolute atomic E-state index is 5.32. The topological polar surface area (TPSA) is 27.1 Å². The molecule has 0 spiro atoms. The number of fused-ring (bicyclic) bond motifs is 1. The van der Waals surface area contributed by atoms with E-state index in [1.54, 1.807) is 7.11 Å². The Labute approximate surface area is 161 Å². The second kappa shape index (κ2) is 6.26. The molecule has 2 atom stereocenters. The first-order valence-corrected chi connectivity index (χ1v) is 10.0. The summed E-state index contributed by atoms with van der Waals surface area (Å²) in [5.41, 5.74) is 6.49. The van der Waals surface area contributed by atoms with Crippen LogP contribution in [0.4, 0.5) is 0 Å². The van der Waals surface area contributed by atoms with Gasteiger partial charge in [0, 0.05) is 11.0 Å². The second-order valence-corrected chi connectivity index (χ2v) is 8.13. The Balaban J connectivity index is 1.62. The SMILES string of the molecule is COc1ccc(-c2ccccc2-n2nc(C)cc2C23CCCCC2C3)cc1. The summed E-state index contributed by atoms with van der Waals surface area (Å²) in [4.78, 5) is 0. The molecule has 27 heavy (non-hydrogen) atoms. The predicted octanol–water partition coefficient (Wildman–Crippen LogP) is 5.69. The minimum Gasteiger partial charge on any atom is -0.497 e. The molecule has 0 saturated heterocycles. The molecule has 2 fully saturated rings. The van der Waals surface area contributed by atoms with Gasteiger partial charge in [0.2, 0.25) is 0 Å². The lowest BCUT2D eigenvalue weighted by molar-refractivity contribution is 0.414. The lowest BCUT2D eigenvalue weighted by Crippen LogP contribution is -2.19. The van der Waals surface area contributed by atoms with Gasteiger partial charge in [-0.05, 0) is 61.9 Å². The van der Waals surface area contributed by atoms with Crippen molar-refractivity contribution in [1.29, 1.82) is 0 Å². The van der Waals surface area contributed by atoms with Crippen molar-refractivity contribution >= 4 is 0 Å². The Bertz CT molecular complexity index is 972. The number of rotatable bonds is 4. The number of benzene rings is 2. The summed E-state index contributed by atoms with van der Waals surface area (Å²) in [6, 6.07) is 19.3. The Morgan fingerprint density at radius 2 is 1.89 bits per heavy atom. The third-order valence-electron chi connectivity index (χ3n) is 6.53. The summed E-state index contributed by atoms with van der Waals surface area (Å²) in [6.07, 6.45) is 6.77. The minimum absolute atomic E-state index is 0.368. The second-order valence-electron chi connectivity index (χ2n) is 8.13. The first-order chi connectivity index (χ1) is 13.2. The van der Waals surface area contributed by atoms with Crippen molar-refractivity contribution in [2.45, 2.75) is 44.4 Å². The zero-order chi connectivity index (χ0) is 18.4. The van der Waals surface area contributed by atoms with Gasteiger partial charge in [0.15, 0.2) is 0 Å². The number of hydrogen-bond acceptors (Lipinski definition) is 2. The maximum atomic E-state index is 5.32. The van der Waals surface area contributed by atoms with Gasteiger partial charge in [-0.1, -0.05) is 43.2 Å². The molecular weight excluding hydrogens is 332 g/mol. The van der Waals surface area contributed by atoms with Gasteiger partial charge in [-0.2, -0.15) is 5.10 Å². The van der Waals surface area contributed by atoms with Crippen LogP contribution in [0.1, 0.15) is 43.5 Å². The Hall–Kier alpha value is -2.55. The van der Waals surface area contributed by atoms with E-state index < -0.39 is 0 Å². The van der Waals surface area contributed by atoms with E-state index in [9.17, 15) is 0 Å².